The zero-order valence-corrected chi connectivity index (χ0v) is 14.0. The fourth-order valence-corrected chi connectivity index (χ4v) is 3.15. The second-order valence-corrected chi connectivity index (χ2v) is 7.51. The SMILES string of the molecule is C[C@H](O)C(=O)N1CCC[C@H](C2CN(C(=O)OC(C)(C)C)C2)C1. The van der Waals surface area contributed by atoms with Crippen LogP contribution in [0.2, 0.25) is 0 Å². The lowest BCUT2D eigenvalue weighted by atomic mass is 9.80. The third-order valence-electron chi connectivity index (χ3n) is 4.36. The highest BCUT2D eigenvalue weighted by Crippen LogP contribution is 2.31. The molecule has 0 aromatic heterocycles. The van der Waals surface area contributed by atoms with Crippen molar-refractivity contribution >= 4 is 12.0 Å². The molecule has 6 nitrogen and oxygen atoms in total. The van der Waals surface area contributed by atoms with Crippen molar-refractivity contribution in [1.29, 1.82) is 0 Å². The Morgan fingerprint density at radius 2 is 1.73 bits per heavy atom. The number of hydrogen-bond donors (Lipinski definition) is 1. The molecule has 0 aliphatic carbocycles. The molecule has 2 amide bonds. The van der Waals surface area contributed by atoms with Crippen molar-refractivity contribution in [1.82, 2.24) is 9.80 Å². The van der Waals surface area contributed by atoms with E-state index in [2.05, 4.69) is 0 Å². The number of carbonyl (C=O) groups excluding carboxylic acids is 2. The highest BCUT2D eigenvalue weighted by Gasteiger charge is 2.40. The minimum Gasteiger partial charge on any atom is -0.444 e. The van der Waals surface area contributed by atoms with E-state index in [4.69, 9.17) is 4.74 Å². The number of ether oxygens (including phenoxy) is 1. The van der Waals surface area contributed by atoms with E-state index in [-0.39, 0.29) is 12.0 Å². The van der Waals surface area contributed by atoms with Crippen molar-refractivity contribution in [3.05, 3.63) is 0 Å². The largest absolute Gasteiger partial charge is 0.444 e. The molecular weight excluding hydrogens is 284 g/mol. The molecule has 2 saturated heterocycles. The summed E-state index contributed by atoms with van der Waals surface area (Å²) < 4.78 is 5.36. The average molecular weight is 312 g/mol. The number of carbonyl (C=O) groups is 2. The van der Waals surface area contributed by atoms with Gasteiger partial charge in [-0.1, -0.05) is 0 Å². The van der Waals surface area contributed by atoms with Gasteiger partial charge in [0.1, 0.15) is 11.7 Å². The number of hydrogen-bond acceptors (Lipinski definition) is 4. The van der Waals surface area contributed by atoms with Crippen LogP contribution in [0.3, 0.4) is 0 Å². The molecule has 22 heavy (non-hydrogen) atoms. The first-order valence-corrected chi connectivity index (χ1v) is 8.12. The van der Waals surface area contributed by atoms with E-state index in [1.807, 2.05) is 20.8 Å². The van der Waals surface area contributed by atoms with Crippen molar-refractivity contribution in [3.63, 3.8) is 0 Å². The maximum Gasteiger partial charge on any atom is 0.410 e. The first-order valence-electron chi connectivity index (χ1n) is 8.12. The van der Waals surface area contributed by atoms with Crippen molar-refractivity contribution in [2.45, 2.75) is 52.2 Å². The zero-order chi connectivity index (χ0) is 16.5. The third kappa shape index (κ3) is 4.12. The third-order valence-corrected chi connectivity index (χ3v) is 4.36. The van der Waals surface area contributed by atoms with Gasteiger partial charge in [-0.05, 0) is 52.4 Å². The Morgan fingerprint density at radius 1 is 1.14 bits per heavy atom. The van der Waals surface area contributed by atoms with Crippen molar-refractivity contribution in [2.75, 3.05) is 26.2 Å². The van der Waals surface area contributed by atoms with Crippen LogP contribution < -0.4 is 0 Å². The van der Waals surface area contributed by atoms with Gasteiger partial charge in [-0.3, -0.25) is 4.79 Å². The summed E-state index contributed by atoms with van der Waals surface area (Å²) in [5.41, 5.74) is -0.465. The lowest BCUT2D eigenvalue weighted by Gasteiger charge is -2.46. The second kappa shape index (κ2) is 6.44. The van der Waals surface area contributed by atoms with E-state index < -0.39 is 11.7 Å². The lowest BCUT2D eigenvalue weighted by molar-refractivity contribution is -0.142. The van der Waals surface area contributed by atoms with Gasteiger partial charge in [-0.25, -0.2) is 4.79 Å². The van der Waals surface area contributed by atoms with Crippen LogP contribution in [-0.4, -0.2) is 64.8 Å². The first-order chi connectivity index (χ1) is 10.2. The highest BCUT2D eigenvalue weighted by atomic mass is 16.6. The smallest absolute Gasteiger partial charge is 0.410 e. The summed E-state index contributed by atoms with van der Waals surface area (Å²) in [5.74, 6) is 0.653. The van der Waals surface area contributed by atoms with Crippen LogP contribution in [0.1, 0.15) is 40.5 Å². The van der Waals surface area contributed by atoms with Crippen molar-refractivity contribution < 1.29 is 19.4 Å². The molecule has 2 atom stereocenters. The lowest BCUT2D eigenvalue weighted by Crippen LogP contribution is -2.57. The number of piperidine rings is 1. The molecule has 2 rings (SSSR count). The molecule has 126 valence electrons. The number of likely N-dealkylation sites (tertiary alicyclic amines) is 2. The molecule has 2 aliphatic heterocycles. The van der Waals surface area contributed by atoms with E-state index in [9.17, 15) is 14.7 Å². The summed E-state index contributed by atoms with van der Waals surface area (Å²) in [6.45, 7) is 9.93. The van der Waals surface area contributed by atoms with Crippen LogP contribution in [0.4, 0.5) is 4.79 Å². The van der Waals surface area contributed by atoms with Crippen LogP contribution in [0.5, 0.6) is 0 Å². The summed E-state index contributed by atoms with van der Waals surface area (Å²) in [4.78, 5) is 27.3. The molecular formula is C16H28N2O4. The molecule has 0 bridgehead atoms. The van der Waals surface area contributed by atoms with E-state index in [0.717, 1.165) is 19.4 Å². The molecule has 0 unspecified atom stereocenters. The molecule has 0 radical (unpaired) electrons. The highest BCUT2D eigenvalue weighted by molar-refractivity contribution is 5.80. The van der Waals surface area contributed by atoms with E-state index in [0.29, 0.717) is 31.5 Å². The maximum atomic E-state index is 11.9. The molecule has 6 heteroatoms. The molecule has 0 saturated carbocycles. The predicted octanol–water partition coefficient (Wildman–Crippen LogP) is 1.47. The van der Waals surface area contributed by atoms with Gasteiger partial charge in [-0.15, -0.1) is 0 Å². The minimum atomic E-state index is -0.932. The molecule has 0 aromatic rings. The fourth-order valence-electron chi connectivity index (χ4n) is 3.15. The monoisotopic (exact) mass is 312 g/mol. The Hall–Kier alpha value is -1.30. The Labute approximate surface area is 132 Å². The Kier molecular flexibility index (Phi) is 5.00. The molecule has 0 spiro atoms. The summed E-state index contributed by atoms with van der Waals surface area (Å²) in [6, 6.07) is 0. The molecule has 1 N–H and O–H groups in total. The summed E-state index contributed by atoms with van der Waals surface area (Å²) in [7, 11) is 0. The van der Waals surface area contributed by atoms with Crippen molar-refractivity contribution in [2.24, 2.45) is 11.8 Å². The van der Waals surface area contributed by atoms with Gasteiger partial charge >= 0.3 is 6.09 Å². The van der Waals surface area contributed by atoms with Gasteiger partial charge in [0.2, 0.25) is 0 Å². The standard InChI is InChI=1S/C16H28N2O4/c1-11(19)14(20)17-7-5-6-12(8-17)13-9-18(10-13)15(21)22-16(2,3)4/h11-13,19H,5-10H2,1-4H3/t11-,12-/m0/s1. The van der Waals surface area contributed by atoms with Gasteiger partial charge in [0, 0.05) is 26.2 Å². The second-order valence-electron chi connectivity index (χ2n) is 7.51. The minimum absolute atomic E-state index is 0.187. The number of rotatable bonds is 2. The average Bonchev–Trinajstić information content (AvgIpc) is 2.34. The molecule has 0 aromatic carbocycles. The van der Waals surface area contributed by atoms with Gasteiger partial charge in [0.15, 0.2) is 0 Å². The Balaban J connectivity index is 1.80. The maximum absolute atomic E-state index is 11.9. The van der Waals surface area contributed by atoms with E-state index in [1.54, 1.807) is 9.80 Å². The first kappa shape index (κ1) is 17.1. The van der Waals surface area contributed by atoms with Gasteiger partial charge < -0.3 is 19.6 Å². The fraction of sp³-hybridized carbons (Fsp3) is 0.875. The van der Waals surface area contributed by atoms with E-state index in [1.165, 1.54) is 6.92 Å². The van der Waals surface area contributed by atoms with Crippen LogP contribution in [-0.2, 0) is 9.53 Å². The van der Waals surface area contributed by atoms with Gasteiger partial charge in [-0.2, -0.15) is 0 Å². The summed E-state index contributed by atoms with van der Waals surface area (Å²) in [5, 5.41) is 9.43. The zero-order valence-electron chi connectivity index (χ0n) is 14.0. The quantitative estimate of drug-likeness (QED) is 0.838. The molecule has 2 aliphatic rings. The van der Waals surface area contributed by atoms with Crippen molar-refractivity contribution in [3.8, 4) is 0 Å². The van der Waals surface area contributed by atoms with Gasteiger partial charge in [0.05, 0.1) is 0 Å². The predicted molar refractivity (Wildman–Crippen MR) is 82.3 cm³/mol. The van der Waals surface area contributed by atoms with Gasteiger partial charge in [0.25, 0.3) is 5.91 Å². The number of amides is 2. The van der Waals surface area contributed by atoms with Crippen LogP contribution >= 0.6 is 0 Å². The summed E-state index contributed by atoms with van der Waals surface area (Å²) in [6.07, 6.45) is 0.859. The van der Waals surface area contributed by atoms with Crippen LogP contribution in [0.15, 0.2) is 0 Å². The normalized spacial score (nSPS) is 24.7. The van der Waals surface area contributed by atoms with Crippen LogP contribution in [0.25, 0.3) is 0 Å². The Morgan fingerprint density at radius 3 is 2.27 bits per heavy atom. The Bertz CT molecular complexity index is 424. The summed E-state index contributed by atoms with van der Waals surface area (Å²) >= 11 is 0. The topological polar surface area (TPSA) is 70.1 Å². The molecule has 2 heterocycles. The number of aliphatic hydroxyl groups is 1. The number of aliphatic hydroxyl groups excluding tert-OH is 1. The number of nitrogens with zero attached hydrogens (tertiary/aromatic N) is 2. The van der Waals surface area contributed by atoms with E-state index >= 15 is 0 Å². The van der Waals surface area contributed by atoms with Crippen LogP contribution in [0, 0.1) is 11.8 Å². The molecule has 2 fully saturated rings.